The van der Waals surface area contributed by atoms with E-state index in [1.165, 1.54) is 0 Å². The molecule has 0 bridgehead atoms. The van der Waals surface area contributed by atoms with Gasteiger partial charge in [0.15, 0.2) is 9.84 Å². The van der Waals surface area contributed by atoms with Crippen molar-refractivity contribution in [1.29, 1.82) is 0 Å². The molecule has 0 saturated carbocycles. The smallest absolute Gasteiger partial charge is 0.251 e. The molecule has 1 N–H and O–H groups in total. The number of thiophene rings is 1. The Morgan fingerprint density at radius 1 is 1.00 bits per heavy atom. The van der Waals surface area contributed by atoms with Crippen molar-refractivity contribution >= 4 is 38.7 Å². The lowest BCUT2D eigenvalue weighted by molar-refractivity contribution is 0.0953. The zero-order chi connectivity index (χ0) is 18.6. The van der Waals surface area contributed by atoms with Gasteiger partial charge in [-0.25, -0.2) is 8.42 Å². The van der Waals surface area contributed by atoms with E-state index in [0.29, 0.717) is 16.1 Å². The minimum absolute atomic E-state index is 0.0321. The maximum Gasteiger partial charge on any atom is 0.251 e. The van der Waals surface area contributed by atoms with Crippen molar-refractivity contribution in [3.8, 4) is 0 Å². The van der Waals surface area contributed by atoms with Crippen LogP contribution in [0.25, 0.3) is 0 Å². The van der Waals surface area contributed by atoms with Crippen LogP contribution in [-0.2, 0) is 9.84 Å². The molecule has 0 unspecified atom stereocenters. The number of hydrogen-bond acceptors (Lipinski definition) is 4. The number of benzene rings is 2. The van der Waals surface area contributed by atoms with Gasteiger partial charge < -0.3 is 5.32 Å². The Hall–Kier alpha value is -2.15. The third-order valence-corrected chi connectivity index (χ3v) is 7.66. The molecule has 26 heavy (non-hydrogen) atoms. The predicted molar refractivity (Wildman–Crippen MR) is 104 cm³/mol. The first kappa shape index (κ1) is 18.6. The highest BCUT2D eigenvalue weighted by atomic mass is 35.5. The van der Waals surface area contributed by atoms with Crippen LogP contribution < -0.4 is 5.32 Å². The molecule has 0 aliphatic carbocycles. The molecule has 1 heterocycles. The predicted octanol–water partition coefficient (Wildman–Crippen LogP) is 4.35. The molecule has 1 atom stereocenters. The summed E-state index contributed by atoms with van der Waals surface area (Å²) in [6, 6.07) is 18.6. The molecule has 1 aromatic heterocycles. The van der Waals surface area contributed by atoms with Crippen LogP contribution in [0.3, 0.4) is 0 Å². The van der Waals surface area contributed by atoms with Gasteiger partial charge in [-0.15, -0.1) is 11.3 Å². The number of carbonyl (C=O) groups is 1. The first-order chi connectivity index (χ1) is 12.5. The van der Waals surface area contributed by atoms with Gasteiger partial charge in [0.2, 0.25) is 0 Å². The largest absolute Gasteiger partial charge is 0.350 e. The lowest BCUT2D eigenvalue weighted by Crippen LogP contribution is -2.31. The minimum Gasteiger partial charge on any atom is -0.350 e. The molecule has 7 heteroatoms. The van der Waals surface area contributed by atoms with Crippen molar-refractivity contribution in [3.63, 3.8) is 0 Å². The fourth-order valence-corrected chi connectivity index (χ4v) is 5.52. The van der Waals surface area contributed by atoms with Crippen LogP contribution in [0.15, 0.2) is 76.3 Å². The molecule has 0 saturated heterocycles. The van der Waals surface area contributed by atoms with Gasteiger partial charge in [0.25, 0.3) is 5.91 Å². The zero-order valence-corrected chi connectivity index (χ0v) is 16.0. The van der Waals surface area contributed by atoms with Crippen LogP contribution in [0.1, 0.15) is 21.2 Å². The number of carbonyl (C=O) groups excluding carboxylic acids is 1. The highest BCUT2D eigenvalue weighted by Gasteiger charge is 2.30. The van der Waals surface area contributed by atoms with Crippen LogP contribution in [0, 0.1) is 0 Å². The highest BCUT2D eigenvalue weighted by molar-refractivity contribution is 7.93. The SMILES string of the molecule is O=C(NC[C@H](c1ccc(Cl)cc1)S(=O)(=O)c1cccs1)c1ccccc1. The van der Waals surface area contributed by atoms with Gasteiger partial charge in [0.1, 0.15) is 9.46 Å². The highest BCUT2D eigenvalue weighted by Crippen LogP contribution is 2.31. The van der Waals surface area contributed by atoms with Gasteiger partial charge in [-0.05, 0) is 41.3 Å². The van der Waals surface area contributed by atoms with Gasteiger partial charge in [-0.3, -0.25) is 4.79 Å². The van der Waals surface area contributed by atoms with Crippen LogP contribution in [0.4, 0.5) is 0 Å². The third kappa shape index (κ3) is 4.15. The topological polar surface area (TPSA) is 63.2 Å². The second kappa shape index (κ2) is 8.03. The minimum atomic E-state index is -3.64. The second-order valence-electron chi connectivity index (χ2n) is 5.59. The average Bonchev–Trinajstić information content (AvgIpc) is 3.19. The van der Waals surface area contributed by atoms with E-state index in [2.05, 4.69) is 5.32 Å². The average molecular weight is 406 g/mol. The number of nitrogens with one attached hydrogen (secondary N) is 1. The maximum atomic E-state index is 13.1. The molecule has 4 nitrogen and oxygen atoms in total. The van der Waals surface area contributed by atoms with E-state index in [1.807, 2.05) is 6.07 Å². The van der Waals surface area contributed by atoms with E-state index in [1.54, 1.807) is 66.0 Å². The molecule has 0 fully saturated rings. The maximum absolute atomic E-state index is 13.1. The summed E-state index contributed by atoms with van der Waals surface area (Å²) >= 11 is 7.08. The first-order valence-electron chi connectivity index (χ1n) is 7.84. The lowest BCUT2D eigenvalue weighted by Gasteiger charge is -2.18. The van der Waals surface area contributed by atoms with Crippen LogP contribution in [-0.4, -0.2) is 20.9 Å². The van der Waals surface area contributed by atoms with Crippen molar-refractivity contribution in [1.82, 2.24) is 5.32 Å². The Morgan fingerprint density at radius 3 is 2.31 bits per heavy atom. The van der Waals surface area contributed by atoms with E-state index in [0.717, 1.165) is 11.3 Å². The van der Waals surface area contributed by atoms with Crippen molar-refractivity contribution in [2.45, 2.75) is 9.46 Å². The van der Waals surface area contributed by atoms with E-state index < -0.39 is 15.1 Å². The van der Waals surface area contributed by atoms with Crippen LogP contribution in [0.5, 0.6) is 0 Å². The van der Waals surface area contributed by atoms with Gasteiger partial charge in [-0.1, -0.05) is 48.0 Å². The van der Waals surface area contributed by atoms with E-state index in [4.69, 9.17) is 11.6 Å². The van der Waals surface area contributed by atoms with E-state index >= 15 is 0 Å². The molecule has 0 aliphatic heterocycles. The molecule has 0 aliphatic rings. The fourth-order valence-electron chi connectivity index (χ4n) is 2.53. The van der Waals surface area contributed by atoms with Gasteiger partial charge >= 0.3 is 0 Å². The summed E-state index contributed by atoms with van der Waals surface area (Å²) < 4.78 is 26.4. The Balaban J connectivity index is 1.89. The Bertz CT molecular complexity index is 969. The molecule has 1 amide bonds. The van der Waals surface area contributed by atoms with Crippen molar-refractivity contribution in [3.05, 3.63) is 88.3 Å². The fraction of sp³-hybridized carbons (Fsp3) is 0.105. The quantitative estimate of drug-likeness (QED) is 0.663. The summed E-state index contributed by atoms with van der Waals surface area (Å²) in [5.41, 5.74) is 1.06. The standard InChI is InChI=1S/C19H16ClNO3S2/c20-16-10-8-14(9-11-16)17(26(23,24)18-7-4-12-25-18)13-21-19(22)15-5-2-1-3-6-15/h1-12,17H,13H2,(H,21,22)/t17-/m1/s1. The van der Waals surface area contributed by atoms with Gasteiger partial charge in [-0.2, -0.15) is 0 Å². The summed E-state index contributed by atoms with van der Waals surface area (Å²) in [7, 11) is -3.64. The number of hydrogen-bond donors (Lipinski definition) is 1. The molecule has 3 rings (SSSR count). The lowest BCUT2D eigenvalue weighted by atomic mass is 10.1. The Kier molecular flexibility index (Phi) is 5.76. The van der Waals surface area contributed by atoms with E-state index in [9.17, 15) is 13.2 Å². The molecule has 0 spiro atoms. The summed E-state index contributed by atoms with van der Waals surface area (Å²) in [6.45, 7) is -0.0321. The molecular formula is C19H16ClNO3S2. The second-order valence-corrected chi connectivity index (χ2v) is 9.33. The molecule has 2 aromatic carbocycles. The van der Waals surface area contributed by atoms with E-state index in [-0.39, 0.29) is 16.7 Å². The van der Waals surface area contributed by atoms with Gasteiger partial charge in [0.05, 0.1) is 0 Å². The molecule has 3 aromatic rings. The van der Waals surface area contributed by atoms with Crippen molar-refractivity contribution in [2.24, 2.45) is 0 Å². The monoisotopic (exact) mass is 405 g/mol. The van der Waals surface area contributed by atoms with Gasteiger partial charge in [0, 0.05) is 17.1 Å². The van der Waals surface area contributed by atoms with Crippen molar-refractivity contribution < 1.29 is 13.2 Å². The summed E-state index contributed by atoms with van der Waals surface area (Å²) in [6.07, 6.45) is 0. The first-order valence-corrected chi connectivity index (χ1v) is 10.6. The van der Waals surface area contributed by atoms with Crippen molar-refractivity contribution in [2.75, 3.05) is 6.54 Å². The summed E-state index contributed by atoms with van der Waals surface area (Å²) in [5, 5.41) is 4.08. The summed E-state index contributed by atoms with van der Waals surface area (Å²) in [5.74, 6) is -0.314. The number of sulfone groups is 1. The van der Waals surface area contributed by atoms with Crippen LogP contribution in [0.2, 0.25) is 5.02 Å². The molecule has 134 valence electrons. The number of amides is 1. The number of rotatable bonds is 6. The molecule has 0 radical (unpaired) electrons. The Labute approximate surface area is 161 Å². The summed E-state index contributed by atoms with van der Waals surface area (Å²) in [4.78, 5) is 12.3. The number of halogens is 1. The third-order valence-electron chi connectivity index (χ3n) is 3.88. The molecular weight excluding hydrogens is 390 g/mol. The Morgan fingerprint density at radius 2 is 1.69 bits per heavy atom. The zero-order valence-electron chi connectivity index (χ0n) is 13.6. The normalized spacial score (nSPS) is 12.5. The van der Waals surface area contributed by atoms with Crippen LogP contribution >= 0.6 is 22.9 Å².